The van der Waals surface area contributed by atoms with Crippen LogP contribution in [0.25, 0.3) is 0 Å². The van der Waals surface area contributed by atoms with Gasteiger partial charge in [0.25, 0.3) is 0 Å². The first-order chi connectivity index (χ1) is 7.18. The predicted octanol–water partition coefficient (Wildman–Crippen LogP) is 0.0303. The Morgan fingerprint density at radius 1 is 1.33 bits per heavy atom. The molecule has 86 valence electrons. The van der Waals surface area contributed by atoms with Gasteiger partial charge in [0.2, 0.25) is 5.91 Å². The molecular weight excluding hydrogens is 190 g/mol. The molecule has 2 fully saturated rings. The first-order valence-corrected chi connectivity index (χ1v) is 5.97. The molecule has 0 aliphatic carbocycles. The van der Waals surface area contributed by atoms with Gasteiger partial charge in [-0.15, -0.1) is 0 Å². The largest absolute Gasteiger partial charge is 0.340 e. The highest BCUT2D eigenvalue weighted by Gasteiger charge is 2.31. The highest BCUT2D eigenvalue weighted by Crippen LogP contribution is 2.21. The van der Waals surface area contributed by atoms with Gasteiger partial charge in [-0.05, 0) is 32.7 Å². The Bertz CT molecular complexity index is 242. The van der Waals surface area contributed by atoms with E-state index in [9.17, 15) is 4.79 Å². The van der Waals surface area contributed by atoms with Crippen molar-refractivity contribution in [2.24, 2.45) is 5.73 Å². The summed E-state index contributed by atoms with van der Waals surface area (Å²) in [5.41, 5.74) is 5.65. The van der Waals surface area contributed by atoms with Crippen LogP contribution in [0, 0.1) is 0 Å². The van der Waals surface area contributed by atoms with Crippen LogP contribution in [0.15, 0.2) is 0 Å². The third-order valence-corrected chi connectivity index (χ3v) is 3.50. The first-order valence-electron chi connectivity index (χ1n) is 5.97. The van der Waals surface area contributed by atoms with Gasteiger partial charge in [0, 0.05) is 25.7 Å². The standard InChI is InChI=1S/C11H21N3O/c1-9(12)11(15)14-7-3-6-13-5-2-4-10(13)8-14/h9-10H,2-8,12H2,1H3/t9-,10?/m0/s1. The number of carbonyl (C=O) groups excluding carboxylic acids is 1. The van der Waals surface area contributed by atoms with Crippen molar-refractivity contribution >= 4 is 5.91 Å². The molecule has 2 aliphatic rings. The summed E-state index contributed by atoms with van der Waals surface area (Å²) >= 11 is 0. The molecule has 1 unspecified atom stereocenters. The maximum atomic E-state index is 11.8. The molecule has 2 N–H and O–H groups in total. The van der Waals surface area contributed by atoms with Crippen molar-refractivity contribution in [3.05, 3.63) is 0 Å². The number of carbonyl (C=O) groups is 1. The fourth-order valence-electron chi connectivity index (χ4n) is 2.69. The molecule has 0 aromatic rings. The zero-order chi connectivity index (χ0) is 10.8. The normalized spacial score (nSPS) is 29.7. The van der Waals surface area contributed by atoms with Gasteiger partial charge in [-0.2, -0.15) is 0 Å². The Balaban J connectivity index is 1.99. The second-order valence-corrected chi connectivity index (χ2v) is 4.76. The highest BCUT2D eigenvalue weighted by molar-refractivity contribution is 5.81. The van der Waals surface area contributed by atoms with Gasteiger partial charge in [0.05, 0.1) is 6.04 Å². The quantitative estimate of drug-likeness (QED) is 0.666. The molecular formula is C11H21N3O. The fourth-order valence-corrected chi connectivity index (χ4v) is 2.69. The number of nitrogens with two attached hydrogens (primary N) is 1. The van der Waals surface area contributed by atoms with Crippen molar-refractivity contribution < 1.29 is 4.79 Å². The van der Waals surface area contributed by atoms with Crippen LogP contribution in [0.3, 0.4) is 0 Å². The Morgan fingerprint density at radius 3 is 2.80 bits per heavy atom. The lowest BCUT2D eigenvalue weighted by Crippen LogP contribution is -2.45. The van der Waals surface area contributed by atoms with E-state index in [2.05, 4.69) is 4.90 Å². The molecule has 1 amide bonds. The first kappa shape index (κ1) is 10.9. The molecule has 4 heteroatoms. The number of fused-ring (bicyclic) bond motifs is 1. The van der Waals surface area contributed by atoms with Crippen molar-refractivity contribution in [2.45, 2.75) is 38.3 Å². The summed E-state index contributed by atoms with van der Waals surface area (Å²) in [6.45, 7) is 5.91. The van der Waals surface area contributed by atoms with E-state index in [1.54, 1.807) is 6.92 Å². The van der Waals surface area contributed by atoms with Gasteiger partial charge in [-0.1, -0.05) is 0 Å². The summed E-state index contributed by atoms with van der Waals surface area (Å²) < 4.78 is 0. The topological polar surface area (TPSA) is 49.6 Å². The molecule has 0 aromatic heterocycles. The van der Waals surface area contributed by atoms with Crippen molar-refractivity contribution in [1.29, 1.82) is 0 Å². The van der Waals surface area contributed by atoms with Gasteiger partial charge in [0.15, 0.2) is 0 Å². The van der Waals surface area contributed by atoms with Gasteiger partial charge >= 0.3 is 0 Å². The maximum Gasteiger partial charge on any atom is 0.239 e. The average molecular weight is 211 g/mol. The fraction of sp³-hybridized carbons (Fsp3) is 0.909. The van der Waals surface area contributed by atoms with Crippen LogP contribution in [0.4, 0.5) is 0 Å². The minimum absolute atomic E-state index is 0.115. The van der Waals surface area contributed by atoms with E-state index < -0.39 is 0 Å². The molecule has 2 rings (SSSR count). The Morgan fingerprint density at radius 2 is 2.07 bits per heavy atom. The molecule has 2 atom stereocenters. The molecule has 15 heavy (non-hydrogen) atoms. The lowest BCUT2D eigenvalue weighted by Gasteiger charge is -2.26. The maximum absolute atomic E-state index is 11.8. The Hall–Kier alpha value is -0.610. The summed E-state index contributed by atoms with van der Waals surface area (Å²) in [6.07, 6.45) is 3.61. The molecule has 0 aromatic carbocycles. The van der Waals surface area contributed by atoms with E-state index in [0.29, 0.717) is 6.04 Å². The summed E-state index contributed by atoms with van der Waals surface area (Å²) in [6, 6.07) is 0.244. The second-order valence-electron chi connectivity index (χ2n) is 4.76. The summed E-state index contributed by atoms with van der Waals surface area (Å²) in [7, 11) is 0. The number of hydrogen-bond acceptors (Lipinski definition) is 3. The van der Waals surface area contributed by atoms with Crippen molar-refractivity contribution in [1.82, 2.24) is 9.80 Å². The van der Waals surface area contributed by atoms with Crippen LogP contribution in [-0.4, -0.2) is 54.0 Å². The van der Waals surface area contributed by atoms with E-state index in [1.807, 2.05) is 4.90 Å². The number of hydrogen-bond donors (Lipinski definition) is 1. The van der Waals surface area contributed by atoms with Crippen LogP contribution in [0.1, 0.15) is 26.2 Å². The van der Waals surface area contributed by atoms with Crippen LogP contribution < -0.4 is 5.73 Å². The number of amides is 1. The second kappa shape index (κ2) is 4.49. The van der Waals surface area contributed by atoms with E-state index in [4.69, 9.17) is 5.73 Å². The molecule has 4 nitrogen and oxygen atoms in total. The number of rotatable bonds is 1. The molecule has 0 bridgehead atoms. The summed E-state index contributed by atoms with van der Waals surface area (Å²) in [4.78, 5) is 16.3. The van der Waals surface area contributed by atoms with Gasteiger partial charge in [-0.3, -0.25) is 9.69 Å². The van der Waals surface area contributed by atoms with Gasteiger partial charge in [0.1, 0.15) is 0 Å². The Labute approximate surface area is 91.4 Å². The lowest BCUT2D eigenvalue weighted by atomic mass is 10.2. The molecule has 0 spiro atoms. The molecule has 2 saturated heterocycles. The van der Waals surface area contributed by atoms with Gasteiger partial charge < -0.3 is 10.6 Å². The average Bonchev–Trinajstić information content (AvgIpc) is 2.54. The third-order valence-electron chi connectivity index (χ3n) is 3.50. The van der Waals surface area contributed by atoms with E-state index in [1.165, 1.54) is 19.4 Å². The Kier molecular flexibility index (Phi) is 3.26. The molecule has 2 heterocycles. The molecule has 0 saturated carbocycles. The van der Waals surface area contributed by atoms with Crippen LogP contribution in [0.5, 0.6) is 0 Å². The van der Waals surface area contributed by atoms with Crippen LogP contribution >= 0.6 is 0 Å². The monoisotopic (exact) mass is 211 g/mol. The smallest absolute Gasteiger partial charge is 0.239 e. The minimum Gasteiger partial charge on any atom is -0.340 e. The minimum atomic E-state index is -0.349. The molecule has 0 radical (unpaired) electrons. The van der Waals surface area contributed by atoms with Gasteiger partial charge in [-0.25, -0.2) is 0 Å². The third kappa shape index (κ3) is 2.32. The van der Waals surface area contributed by atoms with E-state index in [-0.39, 0.29) is 11.9 Å². The van der Waals surface area contributed by atoms with Crippen molar-refractivity contribution in [3.63, 3.8) is 0 Å². The lowest BCUT2D eigenvalue weighted by molar-refractivity contribution is -0.132. The zero-order valence-corrected chi connectivity index (χ0v) is 9.48. The summed E-state index contributed by atoms with van der Waals surface area (Å²) in [5, 5.41) is 0. The van der Waals surface area contributed by atoms with Crippen LogP contribution in [-0.2, 0) is 4.79 Å². The van der Waals surface area contributed by atoms with Crippen molar-refractivity contribution in [2.75, 3.05) is 26.2 Å². The zero-order valence-electron chi connectivity index (χ0n) is 9.48. The van der Waals surface area contributed by atoms with Crippen molar-refractivity contribution in [3.8, 4) is 0 Å². The van der Waals surface area contributed by atoms with Crippen LogP contribution in [0.2, 0.25) is 0 Å². The summed E-state index contributed by atoms with van der Waals surface area (Å²) in [5.74, 6) is 0.115. The van der Waals surface area contributed by atoms with E-state index in [0.717, 1.165) is 26.1 Å². The number of nitrogens with zero attached hydrogens (tertiary/aromatic N) is 2. The molecule has 2 aliphatic heterocycles. The van der Waals surface area contributed by atoms with E-state index >= 15 is 0 Å². The predicted molar refractivity (Wildman–Crippen MR) is 59.4 cm³/mol. The highest BCUT2D eigenvalue weighted by atomic mass is 16.2. The SMILES string of the molecule is C[C@H](N)C(=O)N1CCCN2CCCC2C1.